The molecule has 1 amide bonds. The maximum Gasteiger partial charge on any atom is 0.224 e. The summed E-state index contributed by atoms with van der Waals surface area (Å²) in [7, 11) is 0. The van der Waals surface area contributed by atoms with Crippen LogP contribution in [0.5, 0.6) is 0 Å². The molecular weight excluding hydrogens is 293 g/mol. The summed E-state index contributed by atoms with van der Waals surface area (Å²) in [6, 6.07) is 4.11. The lowest BCUT2D eigenvalue weighted by Gasteiger charge is -2.06. The zero-order valence-corrected chi connectivity index (χ0v) is 12.3. The molecule has 1 aromatic carbocycles. The predicted octanol–water partition coefficient (Wildman–Crippen LogP) is 2.35. The van der Waals surface area contributed by atoms with Crippen molar-refractivity contribution in [2.45, 2.75) is 24.9 Å². The van der Waals surface area contributed by atoms with Crippen molar-refractivity contribution in [3.05, 3.63) is 29.8 Å². The van der Waals surface area contributed by atoms with Crippen molar-refractivity contribution in [1.82, 2.24) is 15.2 Å². The third-order valence-corrected chi connectivity index (χ3v) is 3.57. The molecule has 1 aromatic heterocycles. The van der Waals surface area contributed by atoms with Gasteiger partial charge in [-0.05, 0) is 31.5 Å². The number of amides is 1. The van der Waals surface area contributed by atoms with Gasteiger partial charge in [0.15, 0.2) is 0 Å². The fourth-order valence-electron chi connectivity index (χ4n) is 1.63. The van der Waals surface area contributed by atoms with Crippen molar-refractivity contribution in [3.63, 3.8) is 0 Å². The Bertz CT molecular complexity index is 631. The first-order valence-corrected chi connectivity index (χ1v) is 7.40. The Morgan fingerprint density at radius 3 is 3.00 bits per heavy atom. The van der Waals surface area contributed by atoms with Crippen LogP contribution in [0.1, 0.15) is 18.7 Å². The van der Waals surface area contributed by atoms with Crippen molar-refractivity contribution in [2.24, 2.45) is 0 Å². The summed E-state index contributed by atoms with van der Waals surface area (Å²) in [6.45, 7) is 1.83. The Morgan fingerprint density at radius 1 is 1.52 bits per heavy atom. The van der Waals surface area contributed by atoms with Crippen molar-refractivity contribution in [2.75, 3.05) is 16.8 Å². The van der Waals surface area contributed by atoms with Crippen LogP contribution in [0.2, 0.25) is 0 Å². The van der Waals surface area contributed by atoms with Gasteiger partial charge in [0.1, 0.15) is 11.6 Å². The third kappa shape index (κ3) is 4.75. The second-order valence-electron chi connectivity index (χ2n) is 4.44. The number of H-pyrrole nitrogens is 1. The van der Waals surface area contributed by atoms with Gasteiger partial charge in [-0.3, -0.25) is 9.89 Å². The van der Waals surface area contributed by atoms with Gasteiger partial charge in [-0.15, -0.1) is 5.10 Å². The van der Waals surface area contributed by atoms with E-state index in [1.54, 1.807) is 0 Å². The summed E-state index contributed by atoms with van der Waals surface area (Å²) in [4.78, 5) is 15.9. The Morgan fingerprint density at radius 2 is 2.33 bits per heavy atom. The molecule has 1 heterocycles. The normalized spacial score (nSPS) is 10.6. The molecule has 112 valence electrons. The smallest absolute Gasteiger partial charge is 0.224 e. The highest BCUT2D eigenvalue weighted by atomic mass is 32.2. The van der Waals surface area contributed by atoms with Crippen LogP contribution < -0.4 is 11.1 Å². The number of nitrogens with one attached hydrogen (secondary N) is 2. The number of carbonyl (C=O) groups is 1. The number of nitrogens with two attached hydrogens (primary N) is 1. The van der Waals surface area contributed by atoms with E-state index < -0.39 is 5.82 Å². The minimum Gasteiger partial charge on any atom is -0.396 e. The molecule has 6 nitrogen and oxygen atoms in total. The van der Waals surface area contributed by atoms with E-state index in [1.807, 2.05) is 6.92 Å². The first-order valence-electron chi connectivity index (χ1n) is 6.41. The minimum absolute atomic E-state index is 0.0170. The second-order valence-corrected chi connectivity index (χ2v) is 5.50. The molecule has 0 bridgehead atoms. The van der Waals surface area contributed by atoms with E-state index in [0.29, 0.717) is 23.7 Å². The molecule has 0 fully saturated rings. The number of thioether (sulfide) groups is 1. The molecule has 0 radical (unpaired) electrons. The van der Waals surface area contributed by atoms with Crippen LogP contribution in [-0.4, -0.2) is 26.8 Å². The Balaban J connectivity index is 1.71. The van der Waals surface area contributed by atoms with Gasteiger partial charge in [-0.25, -0.2) is 9.37 Å². The highest BCUT2D eigenvalue weighted by molar-refractivity contribution is 7.99. The number of aromatic amines is 1. The van der Waals surface area contributed by atoms with Crippen LogP contribution in [0.3, 0.4) is 0 Å². The van der Waals surface area contributed by atoms with Gasteiger partial charge >= 0.3 is 0 Å². The van der Waals surface area contributed by atoms with E-state index in [9.17, 15) is 9.18 Å². The molecule has 0 spiro atoms. The lowest BCUT2D eigenvalue weighted by atomic mass is 10.2. The van der Waals surface area contributed by atoms with Crippen molar-refractivity contribution in [1.29, 1.82) is 0 Å². The van der Waals surface area contributed by atoms with Crippen molar-refractivity contribution >= 4 is 29.0 Å². The van der Waals surface area contributed by atoms with Gasteiger partial charge < -0.3 is 11.1 Å². The molecule has 0 atom stereocenters. The number of nitrogen functional groups attached to an aromatic ring is 1. The van der Waals surface area contributed by atoms with Gasteiger partial charge in [-0.2, -0.15) is 0 Å². The number of halogens is 1. The maximum atomic E-state index is 13.0. The fourth-order valence-corrected chi connectivity index (χ4v) is 2.41. The highest BCUT2D eigenvalue weighted by Crippen LogP contribution is 2.17. The van der Waals surface area contributed by atoms with Gasteiger partial charge in [-0.1, -0.05) is 11.8 Å². The van der Waals surface area contributed by atoms with Gasteiger partial charge in [0.2, 0.25) is 11.1 Å². The molecule has 4 N–H and O–H groups in total. The van der Waals surface area contributed by atoms with Crippen molar-refractivity contribution < 1.29 is 9.18 Å². The van der Waals surface area contributed by atoms with E-state index in [2.05, 4.69) is 20.5 Å². The Hall–Kier alpha value is -2.09. The first kappa shape index (κ1) is 15.3. The highest BCUT2D eigenvalue weighted by Gasteiger charge is 2.06. The van der Waals surface area contributed by atoms with Crippen molar-refractivity contribution in [3.8, 4) is 0 Å². The number of hydrogen-bond acceptors (Lipinski definition) is 5. The lowest BCUT2D eigenvalue weighted by Crippen LogP contribution is -2.11. The van der Waals surface area contributed by atoms with Crippen LogP contribution in [-0.2, 0) is 4.79 Å². The van der Waals surface area contributed by atoms with E-state index in [1.165, 1.54) is 30.0 Å². The molecule has 2 aromatic rings. The molecule has 2 rings (SSSR count). The molecule has 21 heavy (non-hydrogen) atoms. The number of aromatic nitrogens is 3. The van der Waals surface area contributed by atoms with E-state index in [0.717, 1.165) is 11.6 Å². The number of hydrogen-bond donors (Lipinski definition) is 3. The predicted molar refractivity (Wildman–Crippen MR) is 80.5 cm³/mol. The summed E-state index contributed by atoms with van der Waals surface area (Å²) in [6.07, 6.45) is 1.06. The molecule has 0 aliphatic carbocycles. The summed E-state index contributed by atoms with van der Waals surface area (Å²) in [5.41, 5.74) is 5.95. The largest absolute Gasteiger partial charge is 0.396 e. The monoisotopic (exact) mass is 309 g/mol. The van der Waals surface area contributed by atoms with Gasteiger partial charge in [0, 0.05) is 17.9 Å². The molecular formula is C13H16FN5OS. The van der Waals surface area contributed by atoms with E-state index >= 15 is 0 Å². The maximum absolute atomic E-state index is 13.0. The zero-order chi connectivity index (χ0) is 15.2. The standard InChI is InChI=1S/C13H16FN5OS/c1-8-16-13(19-18-8)21-6-2-3-12(20)17-9-4-5-10(14)11(15)7-9/h4-5,7H,2-3,6,15H2,1H3,(H,17,20)(H,16,18,19). The third-order valence-electron chi connectivity index (χ3n) is 2.64. The van der Waals surface area contributed by atoms with Crippen LogP contribution in [0.4, 0.5) is 15.8 Å². The number of anilines is 2. The molecule has 0 saturated heterocycles. The number of aryl methyl sites for hydroxylation is 1. The number of rotatable bonds is 6. The number of nitrogens with zero attached hydrogens (tertiary/aromatic N) is 2. The zero-order valence-electron chi connectivity index (χ0n) is 11.5. The van der Waals surface area contributed by atoms with Crippen LogP contribution in [0.25, 0.3) is 0 Å². The van der Waals surface area contributed by atoms with E-state index in [-0.39, 0.29) is 11.6 Å². The quantitative estimate of drug-likeness (QED) is 0.432. The molecule has 0 aliphatic heterocycles. The molecule has 8 heteroatoms. The average Bonchev–Trinajstić information content (AvgIpc) is 2.85. The molecule has 0 saturated carbocycles. The summed E-state index contributed by atoms with van der Waals surface area (Å²) in [5.74, 6) is 0.888. The number of benzene rings is 1. The minimum atomic E-state index is -0.494. The SMILES string of the molecule is Cc1nc(SCCCC(=O)Nc2ccc(F)c(N)c2)n[nH]1. The Kier molecular flexibility index (Phi) is 5.15. The van der Waals surface area contributed by atoms with Gasteiger partial charge in [0.25, 0.3) is 0 Å². The van der Waals surface area contributed by atoms with Gasteiger partial charge in [0.05, 0.1) is 5.69 Å². The van der Waals surface area contributed by atoms with Crippen LogP contribution in [0.15, 0.2) is 23.4 Å². The fraction of sp³-hybridized carbons (Fsp3) is 0.308. The topological polar surface area (TPSA) is 96.7 Å². The second kappa shape index (κ2) is 7.07. The Labute approximate surface area is 125 Å². The van der Waals surface area contributed by atoms with E-state index in [4.69, 9.17) is 5.73 Å². The number of carbonyl (C=O) groups excluding carboxylic acids is 1. The summed E-state index contributed by atoms with van der Waals surface area (Å²) >= 11 is 1.49. The molecule has 0 unspecified atom stereocenters. The van der Waals surface area contributed by atoms with Crippen LogP contribution in [0, 0.1) is 12.7 Å². The average molecular weight is 309 g/mol. The lowest BCUT2D eigenvalue weighted by molar-refractivity contribution is -0.116. The summed E-state index contributed by atoms with van der Waals surface area (Å²) < 4.78 is 13.0. The first-order chi connectivity index (χ1) is 10.0. The summed E-state index contributed by atoms with van der Waals surface area (Å²) in [5, 5.41) is 10.1. The molecule has 0 aliphatic rings. The van der Waals surface area contributed by atoms with Crippen LogP contribution >= 0.6 is 11.8 Å².